The van der Waals surface area contributed by atoms with Gasteiger partial charge in [0.15, 0.2) is 5.75 Å². The fraction of sp³-hybridized carbons (Fsp3) is 0.462. The first-order valence-electron chi connectivity index (χ1n) is 6.19. The van der Waals surface area contributed by atoms with Crippen molar-refractivity contribution >= 4 is 27.0 Å². The molecule has 7 heteroatoms. The maximum absolute atomic E-state index is 12.5. The van der Waals surface area contributed by atoms with Crippen molar-refractivity contribution in [2.75, 3.05) is 0 Å². The number of imidazole rings is 1. The van der Waals surface area contributed by atoms with Gasteiger partial charge in [0.05, 0.1) is 17.4 Å². The van der Waals surface area contributed by atoms with Gasteiger partial charge in [-0.15, -0.1) is 0 Å². The Kier molecular flexibility index (Phi) is 3.21. The molecule has 1 heterocycles. The number of fused-ring (bicyclic) bond motifs is 1. The Hall–Kier alpha value is -1.21. The van der Waals surface area contributed by atoms with E-state index < -0.39 is 12.2 Å². The van der Waals surface area contributed by atoms with Gasteiger partial charge in [-0.05, 0) is 31.9 Å². The van der Waals surface area contributed by atoms with Crippen LogP contribution in [0.4, 0.5) is 8.78 Å². The van der Waals surface area contributed by atoms with Crippen LogP contribution in [0.2, 0.25) is 0 Å². The van der Waals surface area contributed by atoms with Crippen LogP contribution < -0.4 is 4.74 Å². The van der Waals surface area contributed by atoms with E-state index in [0.717, 1.165) is 0 Å². The SMILES string of the molecule is CC1(O)CC(n2cnc3cc(Br)cc(OC(F)F)c32)C1. The number of alkyl halides is 2. The topological polar surface area (TPSA) is 47.3 Å². The van der Waals surface area contributed by atoms with Gasteiger partial charge in [0, 0.05) is 10.5 Å². The Balaban J connectivity index is 2.05. The molecule has 1 aliphatic rings. The van der Waals surface area contributed by atoms with Crippen molar-refractivity contribution in [1.29, 1.82) is 0 Å². The zero-order chi connectivity index (χ0) is 14.5. The van der Waals surface area contributed by atoms with Crippen molar-refractivity contribution < 1.29 is 18.6 Å². The number of rotatable bonds is 3. The third-order valence-corrected chi connectivity index (χ3v) is 4.02. The maximum atomic E-state index is 12.5. The van der Waals surface area contributed by atoms with Crippen LogP contribution in [0, 0.1) is 0 Å². The van der Waals surface area contributed by atoms with Crippen LogP contribution >= 0.6 is 15.9 Å². The molecule has 0 atom stereocenters. The first kappa shape index (κ1) is 13.8. The first-order valence-corrected chi connectivity index (χ1v) is 6.98. The average Bonchev–Trinajstić information content (AvgIpc) is 2.68. The number of halogens is 3. The second kappa shape index (κ2) is 4.66. The van der Waals surface area contributed by atoms with Crippen molar-refractivity contribution in [2.24, 2.45) is 0 Å². The number of ether oxygens (including phenoxy) is 1. The average molecular weight is 347 g/mol. The fourth-order valence-electron chi connectivity index (χ4n) is 2.72. The molecule has 1 aromatic carbocycles. The molecule has 20 heavy (non-hydrogen) atoms. The van der Waals surface area contributed by atoms with E-state index in [1.165, 1.54) is 6.07 Å². The van der Waals surface area contributed by atoms with E-state index in [-0.39, 0.29) is 11.8 Å². The van der Waals surface area contributed by atoms with Gasteiger partial charge < -0.3 is 14.4 Å². The molecule has 0 aliphatic heterocycles. The van der Waals surface area contributed by atoms with Gasteiger partial charge in [0.2, 0.25) is 0 Å². The smallest absolute Gasteiger partial charge is 0.387 e. The van der Waals surface area contributed by atoms with Gasteiger partial charge in [-0.3, -0.25) is 0 Å². The monoisotopic (exact) mass is 346 g/mol. The molecule has 1 fully saturated rings. The van der Waals surface area contributed by atoms with E-state index in [1.54, 1.807) is 23.9 Å². The molecule has 0 amide bonds. The van der Waals surface area contributed by atoms with Crippen LogP contribution in [0.1, 0.15) is 25.8 Å². The second-order valence-electron chi connectivity index (χ2n) is 5.36. The van der Waals surface area contributed by atoms with E-state index in [0.29, 0.717) is 28.3 Å². The lowest BCUT2D eigenvalue weighted by molar-refractivity contribution is -0.0539. The Morgan fingerprint density at radius 3 is 2.80 bits per heavy atom. The second-order valence-corrected chi connectivity index (χ2v) is 6.28. The summed E-state index contributed by atoms with van der Waals surface area (Å²) in [4.78, 5) is 4.22. The number of benzene rings is 1. The highest BCUT2D eigenvalue weighted by Gasteiger charge is 2.40. The predicted molar refractivity (Wildman–Crippen MR) is 73.0 cm³/mol. The summed E-state index contributed by atoms with van der Waals surface area (Å²) in [5.41, 5.74) is 0.427. The standard InChI is InChI=1S/C13H13BrF2N2O2/c1-13(19)4-8(5-13)18-6-17-9-2-7(14)3-10(11(9)18)20-12(15)16/h2-3,6,8,12,19H,4-5H2,1H3. The van der Waals surface area contributed by atoms with Crippen molar-refractivity contribution in [2.45, 2.75) is 38.0 Å². The molecule has 1 N–H and O–H groups in total. The number of aromatic nitrogens is 2. The van der Waals surface area contributed by atoms with E-state index >= 15 is 0 Å². The summed E-state index contributed by atoms with van der Waals surface area (Å²) in [5, 5.41) is 9.82. The van der Waals surface area contributed by atoms with Crippen LogP contribution in [0.25, 0.3) is 11.0 Å². The molecular formula is C13H13BrF2N2O2. The normalized spacial score (nSPS) is 26.0. The van der Waals surface area contributed by atoms with Gasteiger partial charge in [-0.25, -0.2) is 4.98 Å². The van der Waals surface area contributed by atoms with Crippen LogP contribution in [0.3, 0.4) is 0 Å². The quantitative estimate of drug-likeness (QED) is 0.925. The summed E-state index contributed by atoms with van der Waals surface area (Å²) in [5.74, 6) is 0.0911. The third kappa shape index (κ3) is 2.40. The summed E-state index contributed by atoms with van der Waals surface area (Å²) in [6.45, 7) is -1.13. The zero-order valence-electron chi connectivity index (χ0n) is 10.7. The van der Waals surface area contributed by atoms with Gasteiger partial charge in [0.1, 0.15) is 5.52 Å². The summed E-state index contributed by atoms with van der Waals surface area (Å²) in [6, 6.07) is 3.31. The fourth-order valence-corrected chi connectivity index (χ4v) is 3.14. The molecule has 4 nitrogen and oxygen atoms in total. The number of hydrogen-bond donors (Lipinski definition) is 1. The first-order chi connectivity index (χ1) is 9.35. The summed E-state index contributed by atoms with van der Waals surface area (Å²) < 4.78 is 32.1. The van der Waals surface area contributed by atoms with Gasteiger partial charge in [-0.1, -0.05) is 15.9 Å². The van der Waals surface area contributed by atoms with Crippen LogP contribution in [0.5, 0.6) is 5.75 Å². The van der Waals surface area contributed by atoms with E-state index in [1.807, 2.05) is 0 Å². The lowest BCUT2D eigenvalue weighted by atomic mass is 9.77. The van der Waals surface area contributed by atoms with Crippen molar-refractivity contribution in [3.8, 4) is 5.75 Å². The zero-order valence-corrected chi connectivity index (χ0v) is 12.3. The highest BCUT2D eigenvalue weighted by molar-refractivity contribution is 9.10. The van der Waals surface area contributed by atoms with Gasteiger partial charge in [0.25, 0.3) is 0 Å². The van der Waals surface area contributed by atoms with Crippen molar-refractivity contribution in [1.82, 2.24) is 9.55 Å². The van der Waals surface area contributed by atoms with E-state index in [2.05, 4.69) is 25.7 Å². The Morgan fingerprint density at radius 1 is 1.50 bits per heavy atom. The molecule has 0 spiro atoms. The molecule has 3 rings (SSSR count). The summed E-state index contributed by atoms with van der Waals surface area (Å²) >= 11 is 3.25. The van der Waals surface area contributed by atoms with Crippen molar-refractivity contribution in [3.63, 3.8) is 0 Å². The van der Waals surface area contributed by atoms with Gasteiger partial charge in [-0.2, -0.15) is 8.78 Å². The summed E-state index contributed by atoms with van der Waals surface area (Å²) in [7, 11) is 0. The maximum Gasteiger partial charge on any atom is 0.387 e. The lowest BCUT2D eigenvalue weighted by Crippen LogP contribution is -2.41. The highest BCUT2D eigenvalue weighted by atomic mass is 79.9. The number of hydrogen-bond acceptors (Lipinski definition) is 3. The van der Waals surface area contributed by atoms with Crippen LogP contribution in [-0.4, -0.2) is 26.9 Å². The number of aliphatic hydroxyl groups is 1. The minimum atomic E-state index is -2.89. The minimum Gasteiger partial charge on any atom is -0.432 e. The molecule has 1 aliphatic carbocycles. The van der Waals surface area contributed by atoms with Crippen LogP contribution in [-0.2, 0) is 0 Å². The summed E-state index contributed by atoms with van der Waals surface area (Å²) in [6.07, 6.45) is 2.75. The molecule has 0 unspecified atom stereocenters. The van der Waals surface area contributed by atoms with E-state index in [9.17, 15) is 13.9 Å². The molecule has 108 valence electrons. The minimum absolute atomic E-state index is 0.0520. The molecular weight excluding hydrogens is 334 g/mol. The lowest BCUT2D eigenvalue weighted by Gasteiger charge is -2.41. The molecule has 1 saturated carbocycles. The molecule has 0 bridgehead atoms. The molecule has 2 aromatic rings. The number of nitrogens with zero attached hydrogens (tertiary/aromatic N) is 2. The Morgan fingerprint density at radius 2 is 2.20 bits per heavy atom. The Bertz CT molecular complexity index is 649. The van der Waals surface area contributed by atoms with Gasteiger partial charge >= 0.3 is 6.61 Å². The van der Waals surface area contributed by atoms with Crippen LogP contribution in [0.15, 0.2) is 22.9 Å². The molecule has 1 aromatic heterocycles. The largest absolute Gasteiger partial charge is 0.432 e. The highest BCUT2D eigenvalue weighted by Crippen LogP contribution is 2.44. The third-order valence-electron chi connectivity index (χ3n) is 3.56. The molecule has 0 radical (unpaired) electrons. The van der Waals surface area contributed by atoms with Crippen molar-refractivity contribution in [3.05, 3.63) is 22.9 Å². The Labute approximate surface area is 122 Å². The predicted octanol–water partition coefficient (Wildman–Crippen LogP) is 3.49. The molecule has 0 saturated heterocycles. The van der Waals surface area contributed by atoms with E-state index in [4.69, 9.17) is 0 Å².